The minimum atomic E-state index is 0.647. The molecule has 0 aliphatic heterocycles. The molecule has 0 N–H and O–H groups in total. The summed E-state index contributed by atoms with van der Waals surface area (Å²) in [7, 11) is 0. The van der Waals surface area contributed by atoms with Crippen molar-refractivity contribution in [3.8, 4) is 51.0 Å². The van der Waals surface area contributed by atoms with Crippen LogP contribution in [0.15, 0.2) is 182 Å². The van der Waals surface area contributed by atoms with E-state index in [9.17, 15) is 0 Å². The van der Waals surface area contributed by atoms with Gasteiger partial charge in [0.2, 0.25) is 0 Å². The minimum Gasteiger partial charge on any atom is -0.309 e. The summed E-state index contributed by atoms with van der Waals surface area (Å²) in [5.74, 6) is 1.96. The van der Waals surface area contributed by atoms with Crippen molar-refractivity contribution in [2.75, 3.05) is 0 Å². The molecule has 2 aromatic heterocycles. The summed E-state index contributed by atoms with van der Waals surface area (Å²) in [4.78, 5) is 14.8. The molecule has 238 valence electrons. The molecule has 0 spiro atoms. The molecule has 0 atom stereocenters. The van der Waals surface area contributed by atoms with Gasteiger partial charge in [-0.05, 0) is 69.1 Å². The second kappa shape index (κ2) is 11.9. The quantitative estimate of drug-likeness (QED) is 0.186. The van der Waals surface area contributed by atoms with Crippen LogP contribution in [0.5, 0.6) is 0 Å². The lowest BCUT2D eigenvalue weighted by Crippen LogP contribution is -2.00. The molecule has 0 unspecified atom stereocenters. The number of nitrogens with zero attached hydrogens (tertiary/aromatic N) is 4. The first-order valence-corrected chi connectivity index (χ1v) is 17.2. The molecule has 0 radical (unpaired) electrons. The van der Waals surface area contributed by atoms with E-state index in [4.69, 9.17) is 15.0 Å². The molecule has 0 saturated carbocycles. The first-order chi connectivity index (χ1) is 25.3. The molecule has 0 amide bonds. The van der Waals surface area contributed by atoms with Gasteiger partial charge in [-0.3, -0.25) is 0 Å². The maximum Gasteiger partial charge on any atom is 0.164 e. The van der Waals surface area contributed by atoms with Crippen molar-refractivity contribution in [2.45, 2.75) is 0 Å². The van der Waals surface area contributed by atoms with Gasteiger partial charge in [0.25, 0.3) is 0 Å². The number of rotatable bonds is 5. The molecular weight excluding hydrogens is 621 g/mol. The molecule has 4 nitrogen and oxygen atoms in total. The fraction of sp³-hybridized carbons (Fsp3) is 0. The van der Waals surface area contributed by atoms with Gasteiger partial charge in [0, 0.05) is 33.2 Å². The summed E-state index contributed by atoms with van der Waals surface area (Å²) in [6.45, 7) is 0. The third kappa shape index (κ3) is 5.04. The van der Waals surface area contributed by atoms with Crippen LogP contribution in [0.25, 0.3) is 94.3 Å². The Hall–Kier alpha value is -6.91. The van der Waals surface area contributed by atoms with E-state index < -0.39 is 0 Å². The van der Waals surface area contributed by atoms with Crippen LogP contribution >= 0.6 is 0 Å². The molecule has 0 aliphatic carbocycles. The second-order valence-electron chi connectivity index (χ2n) is 12.9. The van der Waals surface area contributed by atoms with Gasteiger partial charge in [0.15, 0.2) is 17.5 Å². The first kappa shape index (κ1) is 29.0. The van der Waals surface area contributed by atoms with Gasteiger partial charge in [0.05, 0.1) is 11.0 Å². The monoisotopic (exact) mass is 650 g/mol. The van der Waals surface area contributed by atoms with Gasteiger partial charge in [-0.15, -0.1) is 0 Å². The Morgan fingerprint density at radius 1 is 0.314 bits per heavy atom. The van der Waals surface area contributed by atoms with Crippen molar-refractivity contribution in [3.05, 3.63) is 182 Å². The standard InChI is InChI=1S/C47H30N4/c1-3-13-32(14-4-1)45-48-46(33-15-5-2-6-16-33)50-47(49-45)38-19-11-18-34(29-38)36-23-26-40-37(28-36)24-27-43-44(40)41-20-9-10-21-42(41)51(43)39-25-22-31-12-7-8-17-35(31)30-39/h1-30H. The van der Waals surface area contributed by atoms with Gasteiger partial charge in [-0.2, -0.15) is 0 Å². The average molecular weight is 651 g/mol. The zero-order chi connectivity index (χ0) is 33.7. The number of hydrogen-bond acceptors (Lipinski definition) is 3. The van der Waals surface area contributed by atoms with E-state index in [-0.39, 0.29) is 0 Å². The molecule has 0 bridgehead atoms. The maximum absolute atomic E-state index is 4.97. The lowest BCUT2D eigenvalue weighted by molar-refractivity contribution is 1.07. The predicted octanol–water partition coefficient (Wildman–Crippen LogP) is 11.9. The van der Waals surface area contributed by atoms with Gasteiger partial charge in [-0.1, -0.05) is 146 Å². The van der Waals surface area contributed by atoms with Crippen LogP contribution in [0.3, 0.4) is 0 Å². The Morgan fingerprint density at radius 3 is 1.67 bits per heavy atom. The van der Waals surface area contributed by atoms with Crippen molar-refractivity contribution in [2.24, 2.45) is 0 Å². The molecule has 10 rings (SSSR count). The SMILES string of the molecule is c1ccc(-c2nc(-c3ccccc3)nc(-c3cccc(-c4ccc5c(ccc6c5c5ccccc5n6-c5ccc6ccccc6c5)c4)c3)n2)cc1. The number of para-hydroxylation sites is 1. The molecule has 10 aromatic rings. The molecule has 2 heterocycles. The molecule has 51 heavy (non-hydrogen) atoms. The van der Waals surface area contributed by atoms with Crippen molar-refractivity contribution >= 4 is 43.4 Å². The van der Waals surface area contributed by atoms with Gasteiger partial charge in [0.1, 0.15) is 0 Å². The molecule has 0 aliphatic rings. The van der Waals surface area contributed by atoms with E-state index in [2.05, 4.69) is 126 Å². The average Bonchev–Trinajstić information content (AvgIpc) is 3.56. The highest BCUT2D eigenvalue weighted by Crippen LogP contribution is 2.39. The second-order valence-corrected chi connectivity index (χ2v) is 12.9. The lowest BCUT2D eigenvalue weighted by atomic mass is 9.97. The topological polar surface area (TPSA) is 43.6 Å². The van der Waals surface area contributed by atoms with E-state index in [1.807, 2.05) is 60.7 Å². The van der Waals surface area contributed by atoms with Crippen LogP contribution in [-0.4, -0.2) is 19.5 Å². The van der Waals surface area contributed by atoms with Crippen molar-refractivity contribution in [3.63, 3.8) is 0 Å². The highest BCUT2D eigenvalue weighted by molar-refractivity contribution is 6.21. The molecule has 8 aromatic carbocycles. The summed E-state index contributed by atoms with van der Waals surface area (Å²) in [6.07, 6.45) is 0. The van der Waals surface area contributed by atoms with Crippen molar-refractivity contribution in [1.29, 1.82) is 0 Å². The van der Waals surface area contributed by atoms with Crippen molar-refractivity contribution < 1.29 is 0 Å². The molecule has 4 heteroatoms. The zero-order valence-electron chi connectivity index (χ0n) is 27.6. The summed E-state index contributed by atoms with van der Waals surface area (Å²) in [5.41, 5.74) is 8.67. The van der Waals surface area contributed by atoms with Crippen LogP contribution in [0.2, 0.25) is 0 Å². The van der Waals surface area contributed by atoms with E-state index in [1.165, 1.54) is 43.4 Å². The van der Waals surface area contributed by atoms with Gasteiger partial charge in [-0.25, -0.2) is 15.0 Å². The highest BCUT2D eigenvalue weighted by atomic mass is 15.0. The van der Waals surface area contributed by atoms with E-state index >= 15 is 0 Å². The third-order valence-corrected chi connectivity index (χ3v) is 9.80. The van der Waals surface area contributed by atoms with E-state index in [0.717, 1.165) is 33.5 Å². The minimum absolute atomic E-state index is 0.647. The number of aromatic nitrogens is 4. The van der Waals surface area contributed by atoms with Crippen LogP contribution < -0.4 is 0 Å². The Morgan fingerprint density at radius 2 is 0.902 bits per heavy atom. The Labute approximate surface area is 295 Å². The summed E-state index contributed by atoms with van der Waals surface area (Å²) in [6, 6.07) is 64.1. The third-order valence-electron chi connectivity index (χ3n) is 9.80. The number of fused-ring (bicyclic) bond motifs is 6. The van der Waals surface area contributed by atoms with E-state index in [0.29, 0.717) is 17.5 Å². The fourth-order valence-corrected chi connectivity index (χ4v) is 7.35. The zero-order valence-corrected chi connectivity index (χ0v) is 27.6. The summed E-state index contributed by atoms with van der Waals surface area (Å²) >= 11 is 0. The van der Waals surface area contributed by atoms with Crippen LogP contribution in [0.1, 0.15) is 0 Å². The molecule has 0 fully saturated rings. The first-order valence-electron chi connectivity index (χ1n) is 17.2. The Kier molecular flexibility index (Phi) is 6.78. The fourth-order valence-electron chi connectivity index (χ4n) is 7.35. The maximum atomic E-state index is 4.97. The van der Waals surface area contributed by atoms with Crippen molar-refractivity contribution in [1.82, 2.24) is 19.5 Å². The van der Waals surface area contributed by atoms with Crippen LogP contribution in [-0.2, 0) is 0 Å². The molecule has 0 saturated heterocycles. The number of benzene rings is 8. The van der Waals surface area contributed by atoms with Gasteiger partial charge < -0.3 is 4.57 Å². The van der Waals surface area contributed by atoms with Crippen LogP contribution in [0.4, 0.5) is 0 Å². The Bertz CT molecular complexity index is 2850. The van der Waals surface area contributed by atoms with Crippen LogP contribution in [0, 0.1) is 0 Å². The highest BCUT2D eigenvalue weighted by Gasteiger charge is 2.16. The predicted molar refractivity (Wildman–Crippen MR) is 211 cm³/mol. The summed E-state index contributed by atoms with van der Waals surface area (Å²) in [5, 5.41) is 7.43. The smallest absolute Gasteiger partial charge is 0.164 e. The largest absolute Gasteiger partial charge is 0.309 e. The van der Waals surface area contributed by atoms with Gasteiger partial charge >= 0.3 is 0 Å². The summed E-state index contributed by atoms with van der Waals surface area (Å²) < 4.78 is 2.40. The Balaban J connectivity index is 1.09. The molecular formula is C47H30N4. The van der Waals surface area contributed by atoms with E-state index in [1.54, 1.807) is 0 Å². The lowest BCUT2D eigenvalue weighted by Gasteiger charge is -2.11. The number of hydrogen-bond donors (Lipinski definition) is 0. The normalized spacial score (nSPS) is 11.5.